The number of esters is 1. The van der Waals surface area contributed by atoms with E-state index < -0.39 is 11.9 Å². The van der Waals surface area contributed by atoms with Crippen molar-refractivity contribution in [1.82, 2.24) is 0 Å². The van der Waals surface area contributed by atoms with Crippen molar-refractivity contribution in [2.75, 3.05) is 30.9 Å². The van der Waals surface area contributed by atoms with E-state index in [1.807, 2.05) is 26.0 Å². The van der Waals surface area contributed by atoms with E-state index in [0.29, 0.717) is 30.4 Å². The largest absolute Gasteiger partial charge is 0.486 e. The third kappa shape index (κ3) is 5.40. The van der Waals surface area contributed by atoms with Crippen LogP contribution in [0, 0.1) is 13.8 Å². The van der Waals surface area contributed by atoms with Crippen LogP contribution in [0.25, 0.3) is 0 Å². The van der Waals surface area contributed by atoms with Gasteiger partial charge in [-0.2, -0.15) is 0 Å². The number of ether oxygens (including phenoxy) is 3. The Morgan fingerprint density at radius 1 is 1.07 bits per heavy atom. The molecule has 0 fully saturated rings. The van der Waals surface area contributed by atoms with Crippen LogP contribution in [-0.4, -0.2) is 37.4 Å². The van der Waals surface area contributed by atoms with E-state index in [4.69, 9.17) is 14.2 Å². The molecule has 2 aromatic rings. The first-order chi connectivity index (χ1) is 13.0. The molecule has 0 unspecified atom stereocenters. The molecule has 7 heteroatoms. The molecule has 1 N–H and O–H groups in total. The fraction of sp³-hybridized carbons (Fsp3) is 0.300. The topological polar surface area (TPSA) is 73.9 Å². The normalized spacial score (nSPS) is 12.4. The molecule has 0 atom stereocenters. The lowest BCUT2D eigenvalue weighted by Gasteiger charge is -2.19. The Balaban J connectivity index is 1.44. The van der Waals surface area contributed by atoms with Crippen LogP contribution in [0.5, 0.6) is 11.5 Å². The fourth-order valence-corrected chi connectivity index (χ4v) is 3.41. The Bertz CT molecular complexity index is 852. The van der Waals surface area contributed by atoms with Crippen molar-refractivity contribution in [3.05, 3.63) is 47.5 Å². The Morgan fingerprint density at radius 2 is 1.85 bits per heavy atom. The number of hydrogen-bond acceptors (Lipinski definition) is 6. The van der Waals surface area contributed by atoms with Crippen LogP contribution in [0.1, 0.15) is 11.1 Å². The number of aryl methyl sites for hydroxylation is 2. The highest BCUT2D eigenvalue weighted by molar-refractivity contribution is 8.00. The first-order valence-corrected chi connectivity index (χ1v) is 9.55. The van der Waals surface area contributed by atoms with Gasteiger partial charge in [-0.05, 0) is 37.6 Å². The summed E-state index contributed by atoms with van der Waals surface area (Å²) in [7, 11) is 0. The molecule has 1 aliphatic heterocycles. The molecule has 1 heterocycles. The van der Waals surface area contributed by atoms with Crippen LogP contribution in [0.4, 0.5) is 5.69 Å². The fourth-order valence-electron chi connectivity index (χ4n) is 2.60. The number of nitrogens with one attached hydrogen (secondary N) is 1. The smallest absolute Gasteiger partial charge is 0.316 e. The van der Waals surface area contributed by atoms with Crippen molar-refractivity contribution < 1.29 is 23.8 Å². The van der Waals surface area contributed by atoms with Crippen LogP contribution >= 0.6 is 11.8 Å². The lowest BCUT2D eigenvalue weighted by atomic mass is 10.2. The molecule has 142 valence electrons. The average Bonchev–Trinajstić information content (AvgIpc) is 2.65. The SMILES string of the molecule is Cc1ccc(SCC(=O)OCC(=O)Nc2ccc3c(c2)OCCO3)c(C)c1. The zero-order valence-electron chi connectivity index (χ0n) is 15.2. The summed E-state index contributed by atoms with van der Waals surface area (Å²) in [5.74, 6) is 0.546. The molecule has 0 aliphatic carbocycles. The Hall–Kier alpha value is -2.67. The van der Waals surface area contributed by atoms with Gasteiger partial charge in [-0.25, -0.2) is 0 Å². The number of thioether (sulfide) groups is 1. The summed E-state index contributed by atoms with van der Waals surface area (Å²) in [4.78, 5) is 24.9. The van der Waals surface area contributed by atoms with Gasteiger partial charge in [-0.15, -0.1) is 11.8 Å². The van der Waals surface area contributed by atoms with E-state index >= 15 is 0 Å². The molecule has 0 saturated carbocycles. The maximum Gasteiger partial charge on any atom is 0.316 e. The minimum absolute atomic E-state index is 0.154. The minimum Gasteiger partial charge on any atom is -0.486 e. The molecule has 0 saturated heterocycles. The van der Waals surface area contributed by atoms with Gasteiger partial charge in [0.15, 0.2) is 18.1 Å². The first kappa shape index (κ1) is 19.1. The van der Waals surface area contributed by atoms with Crippen LogP contribution in [0.15, 0.2) is 41.3 Å². The third-order valence-corrected chi connectivity index (χ3v) is 5.02. The van der Waals surface area contributed by atoms with Crippen molar-refractivity contribution in [3.63, 3.8) is 0 Å². The van der Waals surface area contributed by atoms with Gasteiger partial charge in [0.1, 0.15) is 13.2 Å². The van der Waals surface area contributed by atoms with Crippen molar-refractivity contribution in [2.24, 2.45) is 0 Å². The number of hydrogen-bond donors (Lipinski definition) is 1. The second kappa shape index (κ2) is 8.81. The van der Waals surface area contributed by atoms with E-state index in [1.54, 1.807) is 18.2 Å². The van der Waals surface area contributed by atoms with E-state index in [2.05, 4.69) is 11.4 Å². The van der Waals surface area contributed by atoms with Crippen LogP contribution in [-0.2, 0) is 14.3 Å². The number of rotatable bonds is 6. The van der Waals surface area contributed by atoms with Crippen molar-refractivity contribution in [2.45, 2.75) is 18.7 Å². The standard InChI is InChI=1S/C20H21NO5S/c1-13-3-6-18(14(2)9-13)27-12-20(23)26-11-19(22)21-15-4-5-16-17(10-15)25-8-7-24-16/h3-6,9-10H,7-8,11-12H2,1-2H3,(H,21,22). The van der Waals surface area contributed by atoms with Gasteiger partial charge in [0.05, 0.1) is 5.75 Å². The lowest BCUT2D eigenvalue weighted by Crippen LogP contribution is -2.22. The number of fused-ring (bicyclic) bond motifs is 1. The summed E-state index contributed by atoms with van der Waals surface area (Å²) in [5, 5.41) is 2.68. The maximum absolute atomic E-state index is 12.0. The quantitative estimate of drug-likeness (QED) is 0.605. The number of amides is 1. The highest BCUT2D eigenvalue weighted by Gasteiger charge is 2.14. The molecular weight excluding hydrogens is 366 g/mol. The summed E-state index contributed by atoms with van der Waals surface area (Å²) >= 11 is 1.40. The van der Waals surface area contributed by atoms with Crippen LogP contribution in [0.3, 0.4) is 0 Å². The van der Waals surface area contributed by atoms with Gasteiger partial charge < -0.3 is 19.5 Å². The summed E-state index contributed by atoms with van der Waals surface area (Å²) in [6.45, 7) is 4.67. The molecule has 0 spiro atoms. The summed E-state index contributed by atoms with van der Waals surface area (Å²) < 4.78 is 15.9. The predicted molar refractivity (Wildman–Crippen MR) is 104 cm³/mol. The van der Waals surface area contributed by atoms with E-state index in [1.165, 1.54) is 17.3 Å². The molecule has 27 heavy (non-hydrogen) atoms. The predicted octanol–water partition coefficient (Wildman–Crippen LogP) is 3.35. The lowest BCUT2D eigenvalue weighted by molar-refractivity contribution is -0.144. The molecule has 6 nitrogen and oxygen atoms in total. The maximum atomic E-state index is 12.0. The number of benzene rings is 2. The van der Waals surface area contributed by atoms with Gasteiger partial charge in [0, 0.05) is 16.6 Å². The molecule has 0 radical (unpaired) electrons. The Kier molecular flexibility index (Phi) is 6.24. The van der Waals surface area contributed by atoms with E-state index in [0.717, 1.165) is 10.5 Å². The second-order valence-corrected chi connectivity index (χ2v) is 7.14. The Morgan fingerprint density at radius 3 is 2.63 bits per heavy atom. The average molecular weight is 387 g/mol. The highest BCUT2D eigenvalue weighted by atomic mass is 32.2. The van der Waals surface area contributed by atoms with Crippen LogP contribution < -0.4 is 14.8 Å². The van der Waals surface area contributed by atoms with Gasteiger partial charge in [-0.1, -0.05) is 17.7 Å². The number of carbonyl (C=O) groups is 2. The van der Waals surface area contributed by atoms with Crippen molar-refractivity contribution >= 4 is 29.3 Å². The molecule has 1 amide bonds. The second-order valence-electron chi connectivity index (χ2n) is 6.12. The zero-order valence-corrected chi connectivity index (χ0v) is 16.1. The monoisotopic (exact) mass is 387 g/mol. The Labute approximate surface area is 162 Å². The van der Waals surface area contributed by atoms with Gasteiger partial charge >= 0.3 is 5.97 Å². The van der Waals surface area contributed by atoms with Gasteiger partial charge in [-0.3, -0.25) is 9.59 Å². The zero-order chi connectivity index (χ0) is 19.2. The van der Waals surface area contributed by atoms with E-state index in [-0.39, 0.29) is 12.4 Å². The molecule has 1 aliphatic rings. The van der Waals surface area contributed by atoms with Gasteiger partial charge in [0.2, 0.25) is 0 Å². The van der Waals surface area contributed by atoms with Crippen molar-refractivity contribution in [1.29, 1.82) is 0 Å². The highest BCUT2D eigenvalue weighted by Crippen LogP contribution is 2.32. The molecular formula is C20H21NO5S. The summed E-state index contributed by atoms with van der Waals surface area (Å²) in [6, 6.07) is 11.2. The number of carbonyl (C=O) groups excluding carboxylic acids is 2. The molecule has 2 aromatic carbocycles. The molecule has 3 rings (SSSR count). The van der Waals surface area contributed by atoms with E-state index in [9.17, 15) is 9.59 Å². The third-order valence-electron chi connectivity index (χ3n) is 3.87. The molecule has 0 aromatic heterocycles. The summed E-state index contributed by atoms with van der Waals surface area (Å²) in [6.07, 6.45) is 0. The molecule has 0 bridgehead atoms. The van der Waals surface area contributed by atoms with Crippen molar-refractivity contribution in [3.8, 4) is 11.5 Å². The number of anilines is 1. The summed E-state index contributed by atoms with van der Waals surface area (Å²) in [5.41, 5.74) is 2.85. The minimum atomic E-state index is -0.433. The van der Waals surface area contributed by atoms with Crippen LogP contribution in [0.2, 0.25) is 0 Å². The van der Waals surface area contributed by atoms with Gasteiger partial charge in [0.25, 0.3) is 5.91 Å². The first-order valence-electron chi connectivity index (χ1n) is 8.56.